The molecule has 0 aliphatic heterocycles. The van der Waals surface area contributed by atoms with Crippen molar-refractivity contribution in [2.75, 3.05) is 12.0 Å². The molecule has 1 aliphatic carbocycles. The molecule has 0 radical (unpaired) electrons. The second kappa shape index (κ2) is 4.47. The lowest BCUT2D eigenvalue weighted by atomic mass is 9.76. The van der Waals surface area contributed by atoms with Crippen LogP contribution in [0.15, 0.2) is 6.07 Å². The maximum absolute atomic E-state index is 12.1. The molecule has 1 aliphatic rings. The van der Waals surface area contributed by atoms with E-state index in [2.05, 4.69) is 13.8 Å². The van der Waals surface area contributed by atoms with E-state index >= 15 is 0 Å². The Morgan fingerprint density at radius 2 is 1.95 bits per heavy atom. The molecule has 0 amide bonds. The van der Waals surface area contributed by atoms with Gasteiger partial charge in [-0.3, -0.25) is 4.79 Å². The molecule has 2 rings (SSSR count). The van der Waals surface area contributed by atoms with Crippen LogP contribution in [0.3, 0.4) is 0 Å². The lowest BCUT2D eigenvalue weighted by molar-refractivity contribution is 0.0910. The third-order valence-corrected chi connectivity index (χ3v) is 4.61. The number of aromatic nitrogens is 1. The first-order valence-corrected chi connectivity index (χ1v) is 8.55. The maximum atomic E-state index is 12.1. The number of ketones is 1. The van der Waals surface area contributed by atoms with Crippen LogP contribution >= 0.6 is 0 Å². The molecular formula is C14H21NO3S. The summed E-state index contributed by atoms with van der Waals surface area (Å²) in [4.78, 5) is 12.1. The molecule has 0 unspecified atom stereocenters. The number of carbonyl (C=O) groups is 1. The van der Waals surface area contributed by atoms with E-state index in [0.29, 0.717) is 13.0 Å². The molecule has 1 heterocycles. The molecule has 0 bridgehead atoms. The number of Topliss-reactive ketones (excluding diaryl/α,β-unsaturated/α-hetero) is 1. The van der Waals surface area contributed by atoms with Gasteiger partial charge in [-0.25, -0.2) is 8.42 Å². The smallest absolute Gasteiger partial charge is 0.165 e. The van der Waals surface area contributed by atoms with Crippen molar-refractivity contribution in [3.05, 3.63) is 23.0 Å². The predicted octanol–water partition coefficient (Wildman–Crippen LogP) is 2.00. The predicted molar refractivity (Wildman–Crippen MR) is 75.3 cm³/mol. The van der Waals surface area contributed by atoms with E-state index in [1.807, 2.05) is 17.6 Å². The number of hydrogen-bond acceptors (Lipinski definition) is 3. The summed E-state index contributed by atoms with van der Waals surface area (Å²) in [6, 6.07) is 1.90. The average molecular weight is 283 g/mol. The van der Waals surface area contributed by atoms with Crippen LogP contribution < -0.4 is 0 Å². The Morgan fingerprint density at radius 3 is 2.53 bits per heavy atom. The Hall–Kier alpha value is -1.10. The summed E-state index contributed by atoms with van der Waals surface area (Å²) in [5, 5.41) is 0. The van der Waals surface area contributed by atoms with Gasteiger partial charge < -0.3 is 4.57 Å². The highest BCUT2D eigenvalue weighted by Crippen LogP contribution is 2.36. The highest BCUT2D eigenvalue weighted by molar-refractivity contribution is 7.90. The van der Waals surface area contributed by atoms with E-state index in [1.54, 1.807) is 0 Å². The Morgan fingerprint density at radius 1 is 1.32 bits per heavy atom. The van der Waals surface area contributed by atoms with Crippen molar-refractivity contribution in [1.82, 2.24) is 4.57 Å². The van der Waals surface area contributed by atoms with Crippen LogP contribution in [0.25, 0.3) is 0 Å². The Kier molecular flexibility index (Phi) is 3.37. The zero-order valence-corrected chi connectivity index (χ0v) is 12.8. The summed E-state index contributed by atoms with van der Waals surface area (Å²) in [5.74, 6) is 0.288. The van der Waals surface area contributed by atoms with Crippen molar-refractivity contribution < 1.29 is 13.2 Å². The van der Waals surface area contributed by atoms with Gasteiger partial charge in [0.25, 0.3) is 0 Å². The van der Waals surface area contributed by atoms with Crippen LogP contribution in [-0.2, 0) is 22.8 Å². The fraction of sp³-hybridized carbons (Fsp3) is 0.643. The summed E-state index contributed by atoms with van der Waals surface area (Å²) in [7, 11) is -2.99. The van der Waals surface area contributed by atoms with Crippen molar-refractivity contribution in [3.8, 4) is 0 Å². The Balaban J connectivity index is 2.39. The summed E-state index contributed by atoms with van der Waals surface area (Å²) >= 11 is 0. The molecule has 0 atom stereocenters. The van der Waals surface area contributed by atoms with Crippen molar-refractivity contribution in [3.63, 3.8) is 0 Å². The minimum Gasteiger partial charge on any atom is -0.347 e. The molecule has 5 heteroatoms. The van der Waals surface area contributed by atoms with Gasteiger partial charge in [0, 0.05) is 36.2 Å². The van der Waals surface area contributed by atoms with E-state index in [9.17, 15) is 13.2 Å². The lowest BCUT2D eigenvalue weighted by Crippen LogP contribution is -2.28. The number of sulfone groups is 1. The third-order valence-electron chi connectivity index (χ3n) is 3.69. The second-order valence-corrected chi connectivity index (χ2v) is 8.63. The molecule has 19 heavy (non-hydrogen) atoms. The van der Waals surface area contributed by atoms with Crippen molar-refractivity contribution in [2.24, 2.45) is 5.41 Å². The third kappa shape index (κ3) is 3.08. The number of aryl methyl sites for hydroxylation is 1. The minimum atomic E-state index is -2.99. The molecule has 4 nitrogen and oxygen atoms in total. The first-order chi connectivity index (χ1) is 8.59. The number of carbonyl (C=O) groups excluding carboxylic acids is 1. The summed E-state index contributed by atoms with van der Waals surface area (Å²) in [6.45, 7) is 6.53. The average Bonchev–Trinajstić information content (AvgIpc) is 2.49. The number of hydrogen-bond donors (Lipinski definition) is 0. The van der Waals surface area contributed by atoms with E-state index in [-0.39, 0.29) is 17.0 Å². The monoisotopic (exact) mass is 283 g/mol. The standard InChI is InChI=1S/C14H21NO3S/c1-10-7-11-12(8-14(2,3)9-13(11)16)15(10)5-6-19(4,17)18/h7H,5-6,8-9H2,1-4H3. The Bertz CT molecular complexity index is 623. The summed E-state index contributed by atoms with van der Waals surface area (Å²) in [5.41, 5.74) is 2.71. The van der Waals surface area contributed by atoms with Crippen molar-refractivity contribution in [2.45, 2.75) is 40.2 Å². The molecular weight excluding hydrogens is 262 g/mol. The highest BCUT2D eigenvalue weighted by Gasteiger charge is 2.33. The normalized spacial score (nSPS) is 18.4. The summed E-state index contributed by atoms with van der Waals surface area (Å²) < 4.78 is 24.6. The van der Waals surface area contributed by atoms with Crippen LogP contribution in [0, 0.1) is 12.3 Å². The van der Waals surface area contributed by atoms with Crippen LogP contribution in [-0.4, -0.2) is 30.8 Å². The second-order valence-electron chi connectivity index (χ2n) is 6.37. The largest absolute Gasteiger partial charge is 0.347 e. The van der Waals surface area contributed by atoms with E-state index in [4.69, 9.17) is 0 Å². The van der Waals surface area contributed by atoms with Crippen LogP contribution in [0.1, 0.15) is 42.0 Å². The maximum Gasteiger partial charge on any atom is 0.165 e. The van der Waals surface area contributed by atoms with Crippen LogP contribution in [0.2, 0.25) is 0 Å². The van der Waals surface area contributed by atoms with E-state index < -0.39 is 9.84 Å². The van der Waals surface area contributed by atoms with E-state index in [0.717, 1.165) is 23.4 Å². The SMILES string of the molecule is Cc1cc2c(n1CCS(C)(=O)=O)CC(C)(C)CC2=O. The van der Waals surface area contributed by atoms with Crippen LogP contribution in [0.5, 0.6) is 0 Å². The number of nitrogens with zero attached hydrogens (tertiary/aromatic N) is 1. The lowest BCUT2D eigenvalue weighted by Gasteiger charge is -2.29. The fourth-order valence-electron chi connectivity index (χ4n) is 2.77. The molecule has 0 fully saturated rings. The summed E-state index contributed by atoms with van der Waals surface area (Å²) in [6.07, 6.45) is 2.63. The zero-order chi connectivity index (χ0) is 14.4. The highest BCUT2D eigenvalue weighted by atomic mass is 32.2. The van der Waals surface area contributed by atoms with Gasteiger partial charge in [-0.1, -0.05) is 13.8 Å². The first-order valence-electron chi connectivity index (χ1n) is 6.49. The number of fused-ring (bicyclic) bond motifs is 1. The molecule has 0 aromatic carbocycles. The van der Waals surface area contributed by atoms with Crippen molar-refractivity contribution in [1.29, 1.82) is 0 Å². The first kappa shape index (κ1) is 14.3. The van der Waals surface area contributed by atoms with Gasteiger partial charge in [-0.15, -0.1) is 0 Å². The van der Waals surface area contributed by atoms with Crippen LogP contribution in [0.4, 0.5) is 0 Å². The minimum absolute atomic E-state index is 0.0439. The number of rotatable bonds is 3. The molecule has 1 aromatic rings. The fourth-order valence-corrected chi connectivity index (χ4v) is 3.29. The molecule has 0 spiro atoms. The van der Waals surface area contributed by atoms with E-state index in [1.165, 1.54) is 6.26 Å². The molecule has 0 N–H and O–H groups in total. The van der Waals surface area contributed by atoms with Gasteiger partial charge in [0.2, 0.25) is 0 Å². The van der Waals surface area contributed by atoms with Crippen molar-refractivity contribution >= 4 is 15.6 Å². The van der Waals surface area contributed by atoms with Gasteiger partial charge in [0.15, 0.2) is 5.78 Å². The Labute approximate surface area is 114 Å². The molecule has 0 saturated heterocycles. The zero-order valence-electron chi connectivity index (χ0n) is 12.0. The van der Waals surface area contributed by atoms with Gasteiger partial charge in [-0.2, -0.15) is 0 Å². The topological polar surface area (TPSA) is 56.1 Å². The van der Waals surface area contributed by atoms with Gasteiger partial charge >= 0.3 is 0 Å². The van der Waals surface area contributed by atoms with Gasteiger partial charge in [0.1, 0.15) is 9.84 Å². The van der Waals surface area contributed by atoms with Gasteiger partial charge in [0.05, 0.1) is 5.75 Å². The quantitative estimate of drug-likeness (QED) is 0.852. The molecule has 1 aromatic heterocycles. The van der Waals surface area contributed by atoms with Gasteiger partial charge in [-0.05, 0) is 24.8 Å². The molecule has 0 saturated carbocycles. The molecule has 106 valence electrons.